The highest BCUT2D eigenvalue weighted by Crippen LogP contribution is 2.29. The van der Waals surface area contributed by atoms with Gasteiger partial charge in [-0.2, -0.15) is 0 Å². The first kappa shape index (κ1) is 21.0. The van der Waals surface area contributed by atoms with Gasteiger partial charge in [0.15, 0.2) is 0 Å². The van der Waals surface area contributed by atoms with E-state index >= 15 is 0 Å². The summed E-state index contributed by atoms with van der Waals surface area (Å²) in [7, 11) is 1.61. The smallest absolute Gasteiger partial charge is 0.343 e. The summed E-state index contributed by atoms with van der Waals surface area (Å²) >= 11 is 12.1. The topological polar surface area (TPSA) is 44.8 Å². The Balaban J connectivity index is 1.44. The minimum absolute atomic E-state index is 0.330. The molecule has 0 fully saturated rings. The van der Waals surface area contributed by atoms with Crippen molar-refractivity contribution in [1.82, 2.24) is 0 Å². The summed E-state index contributed by atoms with van der Waals surface area (Å²) in [5.41, 5.74) is 2.99. The van der Waals surface area contributed by atoms with E-state index in [1.807, 2.05) is 54.6 Å². The number of halogens is 2. The maximum Gasteiger partial charge on any atom is 0.343 e. The SMILES string of the molecule is COc1ccc(C2=C/C(=C\c3ccc(OCc4ccc(Cl)cc4Cl)cc3)C(=O)O2)cc1. The number of hydrogen-bond donors (Lipinski definition) is 0. The van der Waals surface area contributed by atoms with Crippen molar-refractivity contribution in [1.29, 1.82) is 0 Å². The fourth-order valence-electron chi connectivity index (χ4n) is 3.03. The van der Waals surface area contributed by atoms with Crippen LogP contribution < -0.4 is 9.47 Å². The van der Waals surface area contributed by atoms with Crippen LogP contribution in [0.15, 0.2) is 78.4 Å². The lowest BCUT2D eigenvalue weighted by molar-refractivity contribution is -0.130. The molecular formula is C25H18Cl2O4. The van der Waals surface area contributed by atoms with Crippen molar-refractivity contribution in [2.24, 2.45) is 0 Å². The summed E-state index contributed by atoms with van der Waals surface area (Å²) < 4.78 is 16.3. The van der Waals surface area contributed by atoms with E-state index in [2.05, 4.69) is 0 Å². The Kier molecular flexibility index (Phi) is 6.31. The van der Waals surface area contributed by atoms with Crippen LogP contribution in [-0.4, -0.2) is 13.1 Å². The predicted octanol–water partition coefficient (Wildman–Crippen LogP) is 6.56. The summed E-state index contributed by atoms with van der Waals surface area (Å²) in [6.45, 7) is 0.330. The molecule has 0 saturated heterocycles. The number of benzene rings is 3. The van der Waals surface area contributed by atoms with Crippen LogP contribution >= 0.6 is 23.2 Å². The molecule has 0 N–H and O–H groups in total. The number of rotatable bonds is 6. The first-order chi connectivity index (χ1) is 15.0. The summed E-state index contributed by atoms with van der Waals surface area (Å²) in [4.78, 5) is 12.3. The summed E-state index contributed by atoms with van der Waals surface area (Å²) in [5, 5.41) is 1.15. The molecule has 0 atom stereocenters. The highest BCUT2D eigenvalue weighted by Gasteiger charge is 2.22. The van der Waals surface area contributed by atoms with Gasteiger partial charge in [-0.15, -0.1) is 0 Å². The summed E-state index contributed by atoms with van der Waals surface area (Å²) in [6.07, 6.45) is 3.51. The first-order valence-electron chi connectivity index (χ1n) is 9.48. The van der Waals surface area contributed by atoms with E-state index in [1.165, 1.54) is 0 Å². The van der Waals surface area contributed by atoms with Crippen molar-refractivity contribution in [2.45, 2.75) is 6.61 Å². The summed E-state index contributed by atoms with van der Waals surface area (Å²) in [5.74, 6) is 1.56. The second-order valence-corrected chi connectivity index (χ2v) is 7.66. The van der Waals surface area contributed by atoms with E-state index in [0.717, 1.165) is 22.4 Å². The van der Waals surface area contributed by atoms with Gasteiger partial charge < -0.3 is 14.2 Å². The van der Waals surface area contributed by atoms with Gasteiger partial charge in [-0.05, 0) is 66.2 Å². The fourth-order valence-corrected chi connectivity index (χ4v) is 3.49. The third kappa shape index (κ3) is 5.10. The van der Waals surface area contributed by atoms with Gasteiger partial charge in [0.05, 0.1) is 12.7 Å². The number of carbonyl (C=O) groups excluding carboxylic acids is 1. The van der Waals surface area contributed by atoms with Crippen molar-refractivity contribution in [3.63, 3.8) is 0 Å². The first-order valence-corrected chi connectivity index (χ1v) is 10.2. The largest absolute Gasteiger partial charge is 0.497 e. The van der Waals surface area contributed by atoms with Crippen molar-refractivity contribution in [3.05, 3.63) is 105 Å². The number of esters is 1. The second-order valence-electron chi connectivity index (χ2n) is 6.82. The lowest BCUT2D eigenvalue weighted by atomic mass is 10.1. The Hall–Kier alpha value is -3.21. The molecule has 0 spiro atoms. The number of methoxy groups -OCH3 is 1. The lowest BCUT2D eigenvalue weighted by Gasteiger charge is -2.08. The molecule has 1 aliphatic rings. The molecule has 0 aromatic heterocycles. The van der Waals surface area contributed by atoms with E-state index in [1.54, 1.807) is 31.4 Å². The highest BCUT2D eigenvalue weighted by molar-refractivity contribution is 6.35. The van der Waals surface area contributed by atoms with Gasteiger partial charge in [-0.25, -0.2) is 4.79 Å². The van der Waals surface area contributed by atoms with Gasteiger partial charge in [0.25, 0.3) is 0 Å². The quantitative estimate of drug-likeness (QED) is 0.313. The van der Waals surface area contributed by atoms with Crippen LogP contribution in [0, 0.1) is 0 Å². The van der Waals surface area contributed by atoms with Crippen LogP contribution in [0.3, 0.4) is 0 Å². The Labute approximate surface area is 190 Å². The molecule has 6 heteroatoms. The molecular weight excluding hydrogens is 435 g/mol. The van der Waals surface area contributed by atoms with E-state index in [4.69, 9.17) is 37.4 Å². The molecule has 1 heterocycles. The van der Waals surface area contributed by atoms with Gasteiger partial charge in [-0.1, -0.05) is 41.4 Å². The minimum atomic E-state index is -0.386. The Morgan fingerprint density at radius 3 is 2.32 bits per heavy atom. The van der Waals surface area contributed by atoms with Crippen molar-refractivity contribution in [2.75, 3.05) is 7.11 Å². The Morgan fingerprint density at radius 2 is 1.65 bits per heavy atom. The fraction of sp³-hybridized carbons (Fsp3) is 0.0800. The molecule has 0 bridgehead atoms. The molecule has 3 aromatic carbocycles. The molecule has 31 heavy (non-hydrogen) atoms. The molecule has 0 saturated carbocycles. The maximum absolute atomic E-state index is 12.3. The van der Waals surface area contributed by atoms with Gasteiger partial charge in [0, 0.05) is 21.2 Å². The average Bonchev–Trinajstić information content (AvgIpc) is 3.14. The Morgan fingerprint density at radius 1 is 0.935 bits per heavy atom. The van der Waals surface area contributed by atoms with Crippen LogP contribution in [0.25, 0.3) is 11.8 Å². The second kappa shape index (κ2) is 9.29. The normalized spacial score (nSPS) is 14.4. The average molecular weight is 453 g/mol. The molecule has 4 nitrogen and oxygen atoms in total. The highest BCUT2D eigenvalue weighted by atomic mass is 35.5. The molecule has 1 aliphatic heterocycles. The third-order valence-corrected chi connectivity index (χ3v) is 5.30. The number of cyclic esters (lactones) is 1. The van der Waals surface area contributed by atoms with Crippen molar-refractivity contribution in [3.8, 4) is 11.5 Å². The number of ether oxygens (including phenoxy) is 3. The van der Waals surface area contributed by atoms with Crippen LogP contribution in [-0.2, 0) is 16.1 Å². The minimum Gasteiger partial charge on any atom is -0.497 e. The van der Waals surface area contributed by atoms with Crippen LogP contribution in [0.1, 0.15) is 16.7 Å². The maximum atomic E-state index is 12.3. The molecule has 0 aliphatic carbocycles. The standard InChI is InChI=1S/C25H18Cl2O4/c1-29-21-10-5-17(6-11-21)24-13-19(25(28)31-24)12-16-2-8-22(9-3-16)30-15-18-4-7-20(26)14-23(18)27/h2-14H,15H2,1H3/b19-12+. The zero-order valence-corrected chi connectivity index (χ0v) is 18.1. The lowest BCUT2D eigenvalue weighted by Crippen LogP contribution is -1.97. The zero-order valence-electron chi connectivity index (χ0n) is 16.6. The summed E-state index contributed by atoms with van der Waals surface area (Å²) in [6, 6.07) is 20.1. The molecule has 156 valence electrons. The third-order valence-electron chi connectivity index (χ3n) is 4.71. The van der Waals surface area contributed by atoms with Gasteiger partial charge in [-0.3, -0.25) is 0 Å². The van der Waals surface area contributed by atoms with Crippen molar-refractivity contribution >= 4 is 41.0 Å². The van der Waals surface area contributed by atoms with E-state index < -0.39 is 0 Å². The van der Waals surface area contributed by atoms with E-state index in [0.29, 0.717) is 33.7 Å². The van der Waals surface area contributed by atoms with Gasteiger partial charge in [0.2, 0.25) is 0 Å². The number of carbonyl (C=O) groups is 1. The van der Waals surface area contributed by atoms with Crippen molar-refractivity contribution < 1.29 is 19.0 Å². The molecule has 3 aromatic rings. The molecule has 0 amide bonds. The van der Waals surface area contributed by atoms with Gasteiger partial charge in [0.1, 0.15) is 23.9 Å². The van der Waals surface area contributed by atoms with Gasteiger partial charge >= 0.3 is 5.97 Å². The Bertz CT molecular complexity index is 1160. The molecule has 4 rings (SSSR count). The van der Waals surface area contributed by atoms with Crippen LogP contribution in [0.4, 0.5) is 0 Å². The predicted molar refractivity (Wildman–Crippen MR) is 122 cm³/mol. The zero-order chi connectivity index (χ0) is 21.8. The van der Waals surface area contributed by atoms with Crippen LogP contribution in [0.5, 0.6) is 11.5 Å². The molecule has 0 unspecified atom stereocenters. The van der Waals surface area contributed by atoms with Crippen LogP contribution in [0.2, 0.25) is 10.0 Å². The monoisotopic (exact) mass is 452 g/mol. The van der Waals surface area contributed by atoms with E-state index in [-0.39, 0.29) is 5.97 Å². The number of hydrogen-bond acceptors (Lipinski definition) is 4. The van der Waals surface area contributed by atoms with E-state index in [9.17, 15) is 4.79 Å². The molecule has 0 radical (unpaired) electrons.